The molecule has 0 rings (SSSR count). The molecule has 12 N–H and O–H groups in total. The summed E-state index contributed by atoms with van der Waals surface area (Å²) in [4.78, 5) is 65.6. The minimum absolute atomic E-state index is 0.0692. The van der Waals surface area contributed by atoms with Crippen molar-refractivity contribution in [3.8, 4) is 0 Å². The third kappa shape index (κ3) is 12.9. The first-order valence-electron chi connectivity index (χ1n) is 12.5. The normalized spacial score (nSPS) is 15.7. The molecule has 6 atom stereocenters. The van der Waals surface area contributed by atoms with Crippen molar-refractivity contribution in [3.05, 3.63) is 0 Å². The largest absolute Gasteiger partial charge is 0.480 e. The molecular formula is C23H44N8O6. The van der Waals surface area contributed by atoms with Crippen molar-refractivity contribution in [2.24, 2.45) is 39.8 Å². The molecule has 0 aromatic rings. The molecule has 14 heteroatoms. The van der Waals surface area contributed by atoms with Gasteiger partial charge in [-0.25, -0.2) is 4.79 Å². The summed E-state index contributed by atoms with van der Waals surface area (Å²) in [6.45, 7) is 7.32. The molecule has 212 valence electrons. The van der Waals surface area contributed by atoms with Gasteiger partial charge in [-0.3, -0.25) is 24.2 Å². The van der Waals surface area contributed by atoms with Gasteiger partial charge in [0.2, 0.25) is 23.6 Å². The first-order valence-corrected chi connectivity index (χ1v) is 12.5. The molecule has 0 aromatic heterocycles. The van der Waals surface area contributed by atoms with E-state index in [4.69, 9.17) is 22.9 Å². The maximum atomic E-state index is 13.2. The van der Waals surface area contributed by atoms with Crippen LogP contribution in [-0.4, -0.2) is 71.4 Å². The number of aliphatic carboxylic acids is 1. The van der Waals surface area contributed by atoms with Gasteiger partial charge in [0, 0.05) is 13.0 Å². The van der Waals surface area contributed by atoms with Gasteiger partial charge in [-0.2, -0.15) is 0 Å². The Morgan fingerprint density at radius 1 is 0.811 bits per heavy atom. The summed E-state index contributed by atoms with van der Waals surface area (Å²) >= 11 is 0. The second-order valence-electron chi connectivity index (χ2n) is 9.20. The van der Waals surface area contributed by atoms with Gasteiger partial charge in [-0.1, -0.05) is 40.5 Å². The van der Waals surface area contributed by atoms with Gasteiger partial charge in [-0.05, 0) is 31.1 Å². The van der Waals surface area contributed by atoms with Crippen LogP contribution in [0.3, 0.4) is 0 Å². The van der Waals surface area contributed by atoms with E-state index in [1.807, 2.05) is 6.92 Å². The standard InChI is InChI=1S/C23H44N8O6/c1-5-12(3)17(30-19(33)14(24)8-7-11-28-23(26)27)21(35)29-15(9-10-16(25)32)20(34)31-18(22(36)37)13(4)6-2/h12-15,17-18H,5-11,24H2,1-4H3,(H2,25,32)(H,29,35)(H,30,33)(H,31,34)(H,36,37)(H4,26,27,28)/t12-,13-,14-,15-,17-,18-/m0/s1. The summed E-state index contributed by atoms with van der Waals surface area (Å²) < 4.78 is 0. The Labute approximate surface area is 217 Å². The van der Waals surface area contributed by atoms with Gasteiger partial charge in [0.05, 0.1) is 6.04 Å². The molecule has 14 nitrogen and oxygen atoms in total. The Morgan fingerprint density at radius 2 is 1.35 bits per heavy atom. The van der Waals surface area contributed by atoms with Crippen LogP contribution in [-0.2, 0) is 24.0 Å². The highest BCUT2D eigenvalue weighted by Crippen LogP contribution is 2.12. The molecule has 0 aliphatic heterocycles. The number of aliphatic imine (C=N–C) groups is 1. The number of carbonyl (C=O) groups excluding carboxylic acids is 4. The lowest BCUT2D eigenvalue weighted by molar-refractivity contribution is -0.144. The van der Waals surface area contributed by atoms with Gasteiger partial charge >= 0.3 is 5.97 Å². The summed E-state index contributed by atoms with van der Waals surface area (Å²) in [7, 11) is 0. The number of nitrogens with zero attached hydrogens (tertiary/aromatic N) is 1. The van der Waals surface area contributed by atoms with Crippen molar-refractivity contribution < 1.29 is 29.1 Å². The summed E-state index contributed by atoms with van der Waals surface area (Å²) in [5.74, 6) is -4.70. The number of amides is 4. The lowest BCUT2D eigenvalue weighted by Crippen LogP contribution is -2.59. The van der Waals surface area contributed by atoms with Crippen LogP contribution in [0, 0.1) is 11.8 Å². The van der Waals surface area contributed by atoms with E-state index in [0.717, 1.165) is 0 Å². The molecular weight excluding hydrogens is 484 g/mol. The summed E-state index contributed by atoms with van der Waals surface area (Å²) in [5, 5.41) is 17.1. The maximum absolute atomic E-state index is 13.2. The van der Waals surface area contributed by atoms with E-state index in [1.54, 1.807) is 20.8 Å². The number of hydrogen-bond acceptors (Lipinski definition) is 7. The van der Waals surface area contributed by atoms with E-state index in [0.29, 0.717) is 25.8 Å². The highest BCUT2D eigenvalue weighted by molar-refractivity contribution is 5.94. The zero-order valence-corrected chi connectivity index (χ0v) is 22.2. The second-order valence-corrected chi connectivity index (χ2v) is 9.20. The molecule has 37 heavy (non-hydrogen) atoms. The van der Waals surface area contributed by atoms with Crippen LogP contribution in [0.1, 0.15) is 66.2 Å². The number of hydrogen-bond donors (Lipinski definition) is 8. The van der Waals surface area contributed by atoms with Crippen LogP contribution in [0.15, 0.2) is 4.99 Å². The Bertz CT molecular complexity index is 817. The van der Waals surface area contributed by atoms with Crippen molar-refractivity contribution in [1.29, 1.82) is 0 Å². The maximum Gasteiger partial charge on any atom is 0.326 e. The minimum atomic E-state index is -1.25. The highest BCUT2D eigenvalue weighted by Gasteiger charge is 2.33. The molecule has 0 saturated carbocycles. The molecule has 0 bridgehead atoms. The zero-order chi connectivity index (χ0) is 28.7. The van der Waals surface area contributed by atoms with Crippen LogP contribution in [0.5, 0.6) is 0 Å². The Kier molecular flexibility index (Phi) is 15.5. The van der Waals surface area contributed by atoms with Gasteiger partial charge in [0.25, 0.3) is 0 Å². The fraction of sp³-hybridized carbons (Fsp3) is 0.739. The monoisotopic (exact) mass is 528 g/mol. The lowest BCUT2D eigenvalue weighted by Gasteiger charge is -2.28. The molecule has 0 aliphatic carbocycles. The average Bonchev–Trinajstić information content (AvgIpc) is 2.83. The van der Waals surface area contributed by atoms with Gasteiger partial charge in [0.1, 0.15) is 18.1 Å². The number of primary amides is 1. The molecule has 0 spiro atoms. The summed E-state index contributed by atoms with van der Waals surface area (Å²) in [6, 6.07) is -4.39. The highest BCUT2D eigenvalue weighted by atomic mass is 16.4. The van der Waals surface area contributed by atoms with Crippen LogP contribution in [0.2, 0.25) is 0 Å². The van der Waals surface area contributed by atoms with Crippen LogP contribution < -0.4 is 38.9 Å². The predicted octanol–water partition coefficient (Wildman–Crippen LogP) is -1.74. The first kappa shape index (κ1) is 33.6. The fourth-order valence-electron chi connectivity index (χ4n) is 3.37. The number of carboxylic acids is 1. The van der Waals surface area contributed by atoms with Crippen molar-refractivity contribution in [2.45, 2.75) is 90.4 Å². The molecule has 0 aromatic carbocycles. The number of guanidine groups is 1. The van der Waals surface area contributed by atoms with Gasteiger partial charge < -0.3 is 44.0 Å². The lowest BCUT2D eigenvalue weighted by atomic mass is 9.96. The van der Waals surface area contributed by atoms with Gasteiger partial charge in [-0.15, -0.1) is 0 Å². The van der Waals surface area contributed by atoms with Crippen molar-refractivity contribution in [3.63, 3.8) is 0 Å². The molecule has 4 amide bonds. The molecule has 0 fully saturated rings. The van der Waals surface area contributed by atoms with E-state index < -0.39 is 53.8 Å². The smallest absolute Gasteiger partial charge is 0.326 e. The third-order valence-electron chi connectivity index (χ3n) is 6.19. The van der Waals surface area contributed by atoms with E-state index in [1.165, 1.54) is 0 Å². The Balaban J connectivity index is 5.56. The van der Waals surface area contributed by atoms with Crippen LogP contribution in [0.4, 0.5) is 0 Å². The Morgan fingerprint density at radius 3 is 1.84 bits per heavy atom. The number of rotatable bonds is 18. The summed E-state index contributed by atoms with van der Waals surface area (Å²) in [6.07, 6.45) is 1.36. The van der Waals surface area contributed by atoms with Gasteiger partial charge in [0.15, 0.2) is 5.96 Å². The van der Waals surface area contributed by atoms with Crippen LogP contribution in [0.25, 0.3) is 0 Å². The molecule has 0 radical (unpaired) electrons. The molecule has 0 aliphatic rings. The average molecular weight is 529 g/mol. The topological polar surface area (TPSA) is 258 Å². The number of nitrogens with two attached hydrogens (primary N) is 4. The molecule has 0 heterocycles. The van der Waals surface area contributed by atoms with Crippen LogP contribution >= 0.6 is 0 Å². The Hall–Kier alpha value is -3.42. The van der Waals surface area contributed by atoms with E-state index in [-0.39, 0.29) is 37.1 Å². The molecule has 0 saturated heterocycles. The minimum Gasteiger partial charge on any atom is -0.480 e. The number of carbonyl (C=O) groups is 5. The summed E-state index contributed by atoms with van der Waals surface area (Å²) in [5.41, 5.74) is 21.7. The predicted molar refractivity (Wildman–Crippen MR) is 139 cm³/mol. The molecule has 0 unspecified atom stereocenters. The van der Waals surface area contributed by atoms with Crippen molar-refractivity contribution >= 4 is 35.6 Å². The second kappa shape index (κ2) is 17.1. The number of carboxylic acid groups (broad SMARTS) is 1. The fourth-order valence-corrected chi connectivity index (χ4v) is 3.37. The SMILES string of the molecule is CC[C@H](C)[C@H](NC(=O)[C@H](CCC(N)=O)NC(=O)[C@@H](NC(=O)[C@@H](N)CCCN=C(N)N)[C@@H](C)CC)C(=O)O. The van der Waals surface area contributed by atoms with E-state index in [9.17, 15) is 29.1 Å². The quantitative estimate of drug-likeness (QED) is 0.0569. The van der Waals surface area contributed by atoms with Crippen molar-refractivity contribution in [1.82, 2.24) is 16.0 Å². The third-order valence-corrected chi connectivity index (χ3v) is 6.19. The first-order chi connectivity index (χ1) is 17.2. The van der Waals surface area contributed by atoms with E-state index >= 15 is 0 Å². The number of nitrogens with one attached hydrogen (secondary N) is 3. The van der Waals surface area contributed by atoms with Crippen molar-refractivity contribution in [2.75, 3.05) is 6.54 Å². The zero-order valence-electron chi connectivity index (χ0n) is 22.2. The van der Waals surface area contributed by atoms with E-state index in [2.05, 4.69) is 20.9 Å².